The summed E-state index contributed by atoms with van der Waals surface area (Å²) in [6, 6.07) is 7.85. The summed E-state index contributed by atoms with van der Waals surface area (Å²) >= 11 is 0. The Morgan fingerprint density at radius 3 is 2.47 bits per heavy atom. The predicted octanol–water partition coefficient (Wildman–Crippen LogP) is 2.11. The van der Waals surface area contributed by atoms with Gasteiger partial charge in [-0.1, -0.05) is 26.0 Å². The molecule has 19 heavy (non-hydrogen) atoms. The molecule has 2 rings (SSSR count). The van der Waals surface area contributed by atoms with Crippen LogP contribution in [0.15, 0.2) is 36.4 Å². The first kappa shape index (κ1) is 13.3. The number of hydrogen-bond donors (Lipinski definition) is 0. The minimum Gasteiger partial charge on any atom is -0.492 e. The first-order valence-electron chi connectivity index (χ1n) is 6.34. The van der Waals surface area contributed by atoms with Crippen molar-refractivity contribution in [1.29, 1.82) is 0 Å². The zero-order valence-corrected chi connectivity index (χ0v) is 11.1. The van der Waals surface area contributed by atoms with Crippen molar-refractivity contribution in [2.75, 3.05) is 13.2 Å². The zero-order chi connectivity index (χ0) is 13.8. The minimum absolute atomic E-state index is 0.274. The van der Waals surface area contributed by atoms with E-state index in [9.17, 15) is 9.59 Å². The summed E-state index contributed by atoms with van der Waals surface area (Å²) in [5.41, 5.74) is 1.20. The third kappa shape index (κ3) is 3.22. The molecule has 0 fully saturated rings. The smallest absolute Gasteiger partial charge is 0.253 e. The molecular weight excluding hydrogens is 242 g/mol. The highest BCUT2D eigenvalue weighted by molar-refractivity contribution is 6.12. The summed E-state index contributed by atoms with van der Waals surface area (Å²) in [6.07, 6.45) is 2.56. The van der Waals surface area contributed by atoms with Crippen molar-refractivity contribution in [1.82, 2.24) is 4.90 Å². The second-order valence-corrected chi connectivity index (χ2v) is 4.74. The van der Waals surface area contributed by atoms with Crippen LogP contribution in [0.1, 0.15) is 25.3 Å². The van der Waals surface area contributed by atoms with Gasteiger partial charge in [0.15, 0.2) is 0 Å². The molecule has 1 aromatic carbocycles. The standard InChI is InChI=1S/C15H17NO3/c1-11(2)12-4-3-5-13(10-12)19-9-8-16-14(17)6-7-15(16)18/h3-7,10-11H,8-9H2,1-2H3. The number of ether oxygens (including phenoxy) is 1. The maximum Gasteiger partial charge on any atom is 0.253 e. The lowest BCUT2D eigenvalue weighted by atomic mass is 10.0. The monoisotopic (exact) mass is 259 g/mol. The van der Waals surface area contributed by atoms with Gasteiger partial charge in [0.2, 0.25) is 0 Å². The Morgan fingerprint density at radius 1 is 1.16 bits per heavy atom. The van der Waals surface area contributed by atoms with E-state index in [0.717, 1.165) is 5.75 Å². The SMILES string of the molecule is CC(C)c1cccc(OCCN2C(=O)C=CC2=O)c1. The number of carbonyl (C=O) groups excluding carboxylic acids is 2. The molecule has 100 valence electrons. The topological polar surface area (TPSA) is 46.6 Å². The zero-order valence-electron chi connectivity index (χ0n) is 11.1. The normalized spacial score (nSPS) is 14.6. The van der Waals surface area contributed by atoms with Gasteiger partial charge in [0.1, 0.15) is 12.4 Å². The van der Waals surface area contributed by atoms with Gasteiger partial charge in [0.25, 0.3) is 11.8 Å². The molecule has 0 spiro atoms. The van der Waals surface area contributed by atoms with Gasteiger partial charge < -0.3 is 4.74 Å². The molecule has 2 amide bonds. The van der Waals surface area contributed by atoms with E-state index >= 15 is 0 Å². The molecule has 0 aliphatic carbocycles. The average molecular weight is 259 g/mol. The molecule has 0 aromatic heterocycles. The molecule has 1 aliphatic rings. The van der Waals surface area contributed by atoms with Crippen LogP contribution in [-0.2, 0) is 9.59 Å². The van der Waals surface area contributed by atoms with Crippen LogP contribution in [0.5, 0.6) is 5.75 Å². The molecular formula is C15H17NO3. The fraction of sp³-hybridized carbons (Fsp3) is 0.333. The Balaban J connectivity index is 1.88. The van der Waals surface area contributed by atoms with E-state index < -0.39 is 0 Å². The maximum absolute atomic E-state index is 11.3. The van der Waals surface area contributed by atoms with Crippen molar-refractivity contribution >= 4 is 11.8 Å². The molecule has 4 heteroatoms. The van der Waals surface area contributed by atoms with Crippen LogP contribution in [0.4, 0.5) is 0 Å². The van der Waals surface area contributed by atoms with Crippen molar-refractivity contribution in [3.05, 3.63) is 42.0 Å². The second-order valence-electron chi connectivity index (χ2n) is 4.74. The van der Waals surface area contributed by atoms with Gasteiger partial charge in [-0.2, -0.15) is 0 Å². The van der Waals surface area contributed by atoms with Crippen LogP contribution < -0.4 is 4.74 Å². The number of nitrogens with zero attached hydrogens (tertiary/aromatic N) is 1. The van der Waals surface area contributed by atoms with Crippen LogP contribution in [0.2, 0.25) is 0 Å². The molecule has 4 nitrogen and oxygen atoms in total. The molecule has 0 radical (unpaired) electrons. The lowest BCUT2D eigenvalue weighted by Crippen LogP contribution is -2.33. The molecule has 0 saturated carbocycles. The highest BCUT2D eigenvalue weighted by Crippen LogP contribution is 2.20. The fourth-order valence-electron chi connectivity index (χ4n) is 1.87. The van der Waals surface area contributed by atoms with Crippen molar-refractivity contribution in [3.8, 4) is 5.75 Å². The maximum atomic E-state index is 11.3. The summed E-state index contributed by atoms with van der Waals surface area (Å²) in [7, 11) is 0. The molecule has 1 heterocycles. The first-order valence-corrected chi connectivity index (χ1v) is 6.34. The van der Waals surface area contributed by atoms with E-state index in [0.29, 0.717) is 12.5 Å². The lowest BCUT2D eigenvalue weighted by molar-refractivity contribution is -0.137. The Kier molecular flexibility index (Phi) is 4.00. The Labute approximate surface area is 112 Å². The van der Waals surface area contributed by atoms with Gasteiger partial charge in [-0.05, 0) is 23.6 Å². The summed E-state index contributed by atoms with van der Waals surface area (Å²) in [4.78, 5) is 23.8. The highest BCUT2D eigenvalue weighted by Gasteiger charge is 2.22. The van der Waals surface area contributed by atoms with Gasteiger partial charge in [0, 0.05) is 12.2 Å². The fourth-order valence-corrected chi connectivity index (χ4v) is 1.87. The van der Waals surface area contributed by atoms with Crippen LogP contribution in [0.25, 0.3) is 0 Å². The number of imide groups is 1. The van der Waals surface area contributed by atoms with Gasteiger partial charge in [0.05, 0.1) is 6.54 Å². The van der Waals surface area contributed by atoms with Gasteiger partial charge in [-0.15, -0.1) is 0 Å². The molecule has 1 aromatic rings. The van der Waals surface area contributed by atoms with Gasteiger partial charge in [-0.3, -0.25) is 14.5 Å². The molecule has 0 atom stereocenters. The molecule has 0 saturated heterocycles. The summed E-state index contributed by atoms with van der Waals surface area (Å²) < 4.78 is 5.58. The number of carbonyl (C=O) groups is 2. The van der Waals surface area contributed by atoms with Crippen LogP contribution in [-0.4, -0.2) is 29.9 Å². The average Bonchev–Trinajstić information content (AvgIpc) is 2.71. The Bertz CT molecular complexity index is 502. The highest BCUT2D eigenvalue weighted by atomic mass is 16.5. The van der Waals surface area contributed by atoms with E-state index in [4.69, 9.17) is 4.74 Å². The van der Waals surface area contributed by atoms with Gasteiger partial charge in [-0.25, -0.2) is 0 Å². The van der Waals surface area contributed by atoms with E-state index in [1.807, 2.05) is 18.2 Å². The predicted molar refractivity (Wildman–Crippen MR) is 71.9 cm³/mol. The minimum atomic E-state index is -0.274. The quantitative estimate of drug-likeness (QED) is 0.761. The first-order chi connectivity index (χ1) is 9.08. The molecule has 0 bridgehead atoms. The number of benzene rings is 1. The molecule has 0 N–H and O–H groups in total. The van der Waals surface area contributed by atoms with Crippen molar-refractivity contribution in [3.63, 3.8) is 0 Å². The van der Waals surface area contributed by atoms with E-state index in [1.54, 1.807) is 0 Å². The Hall–Kier alpha value is -2.10. The van der Waals surface area contributed by atoms with Crippen molar-refractivity contribution in [2.45, 2.75) is 19.8 Å². The summed E-state index contributed by atoms with van der Waals surface area (Å²) in [5, 5.41) is 0. The van der Waals surface area contributed by atoms with Crippen molar-refractivity contribution in [2.24, 2.45) is 0 Å². The largest absolute Gasteiger partial charge is 0.492 e. The van der Waals surface area contributed by atoms with E-state index in [2.05, 4.69) is 19.9 Å². The third-order valence-electron chi connectivity index (χ3n) is 3.01. The molecule has 0 unspecified atom stereocenters. The lowest BCUT2D eigenvalue weighted by Gasteiger charge is -2.15. The van der Waals surface area contributed by atoms with Gasteiger partial charge >= 0.3 is 0 Å². The van der Waals surface area contributed by atoms with E-state index in [-0.39, 0.29) is 18.4 Å². The van der Waals surface area contributed by atoms with Crippen LogP contribution >= 0.6 is 0 Å². The third-order valence-corrected chi connectivity index (χ3v) is 3.01. The molecule has 1 aliphatic heterocycles. The summed E-state index contributed by atoms with van der Waals surface area (Å²) in [6.45, 7) is 4.82. The Morgan fingerprint density at radius 2 is 1.84 bits per heavy atom. The van der Waals surface area contributed by atoms with Crippen molar-refractivity contribution < 1.29 is 14.3 Å². The number of amides is 2. The van der Waals surface area contributed by atoms with E-state index in [1.165, 1.54) is 22.6 Å². The summed E-state index contributed by atoms with van der Waals surface area (Å²) in [5.74, 6) is 0.654. The number of hydrogen-bond acceptors (Lipinski definition) is 3. The van der Waals surface area contributed by atoms with Crippen LogP contribution in [0, 0.1) is 0 Å². The van der Waals surface area contributed by atoms with Crippen LogP contribution in [0.3, 0.4) is 0 Å². The second kappa shape index (κ2) is 5.69. The number of rotatable bonds is 5.